The lowest BCUT2D eigenvalue weighted by molar-refractivity contribution is -0.130. The Labute approximate surface area is 88.2 Å². The Balaban J connectivity index is 2.02. The summed E-state index contributed by atoms with van der Waals surface area (Å²) < 4.78 is 24.7. The van der Waals surface area contributed by atoms with Crippen LogP contribution in [-0.4, -0.2) is 30.3 Å². The number of hydrogen-bond acceptors (Lipinski definition) is 4. The number of aliphatic hydroxyl groups is 1. The van der Waals surface area contributed by atoms with Gasteiger partial charge in [-0.1, -0.05) is 6.08 Å². The largest absolute Gasteiger partial charge is 0.379 e. The van der Waals surface area contributed by atoms with Gasteiger partial charge in [-0.05, 0) is 19.3 Å². The van der Waals surface area contributed by atoms with E-state index in [1.54, 1.807) is 0 Å². The second kappa shape index (κ2) is 3.05. The highest BCUT2D eigenvalue weighted by atomic mass is 32.2. The molecular formula is C9H13NO4S. The zero-order chi connectivity index (χ0) is 11.3. The van der Waals surface area contributed by atoms with E-state index < -0.39 is 26.8 Å². The minimum absolute atomic E-state index is 0.253. The number of rotatable bonds is 4. The molecule has 2 N–H and O–H groups in total. The van der Waals surface area contributed by atoms with Crippen molar-refractivity contribution in [2.75, 3.05) is 0 Å². The molecule has 2 atom stereocenters. The highest BCUT2D eigenvalue weighted by Gasteiger charge is 2.58. The van der Waals surface area contributed by atoms with Crippen molar-refractivity contribution in [2.45, 2.75) is 30.1 Å². The fraction of sp³-hybridized carbons (Fsp3) is 0.667. The maximum Gasteiger partial charge on any atom is 0.266 e. The van der Waals surface area contributed by atoms with Crippen molar-refractivity contribution in [3.63, 3.8) is 0 Å². The highest BCUT2D eigenvalue weighted by molar-refractivity contribution is 7.90. The zero-order valence-corrected chi connectivity index (χ0v) is 8.96. The van der Waals surface area contributed by atoms with Gasteiger partial charge in [-0.25, -0.2) is 8.42 Å². The molecule has 2 aliphatic rings. The van der Waals surface area contributed by atoms with Gasteiger partial charge < -0.3 is 5.11 Å². The van der Waals surface area contributed by atoms with Gasteiger partial charge in [0.15, 0.2) is 5.60 Å². The summed E-state index contributed by atoms with van der Waals surface area (Å²) in [5.74, 6) is -1.15. The fourth-order valence-electron chi connectivity index (χ4n) is 1.49. The number of carbonyl (C=O) groups excluding carboxylic acids is 1. The van der Waals surface area contributed by atoms with Crippen LogP contribution in [0.3, 0.4) is 0 Å². The van der Waals surface area contributed by atoms with Crippen LogP contribution in [-0.2, 0) is 14.8 Å². The van der Waals surface area contributed by atoms with Gasteiger partial charge >= 0.3 is 0 Å². The van der Waals surface area contributed by atoms with Crippen molar-refractivity contribution in [1.29, 1.82) is 0 Å². The molecule has 0 aromatic heterocycles. The molecule has 0 spiro atoms. The second-order valence-electron chi connectivity index (χ2n) is 4.15. The van der Waals surface area contributed by atoms with E-state index in [1.807, 2.05) is 4.72 Å². The molecule has 15 heavy (non-hydrogen) atoms. The molecule has 2 fully saturated rings. The Morgan fingerprint density at radius 2 is 2.13 bits per heavy atom. The Morgan fingerprint density at radius 1 is 1.53 bits per heavy atom. The Morgan fingerprint density at radius 3 is 2.53 bits per heavy atom. The molecule has 0 aromatic rings. The van der Waals surface area contributed by atoms with Crippen molar-refractivity contribution >= 4 is 15.9 Å². The molecule has 5 nitrogen and oxygen atoms in total. The summed E-state index contributed by atoms with van der Waals surface area (Å²) in [7, 11) is -3.55. The predicted octanol–water partition coefficient (Wildman–Crippen LogP) is -0.468. The summed E-state index contributed by atoms with van der Waals surface area (Å²) in [6, 6.07) is 0. The first-order valence-electron chi connectivity index (χ1n) is 4.81. The van der Waals surface area contributed by atoms with E-state index in [9.17, 15) is 18.3 Å². The van der Waals surface area contributed by atoms with Crippen LogP contribution in [0.15, 0.2) is 12.7 Å². The molecular weight excluding hydrogens is 218 g/mol. The van der Waals surface area contributed by atoms with Crippen LogP contribution in [0.5, 0.6) is 0 Å². The fourth-order valence-corrected chi connectivity index (χ4v) is 2.85. The van der Waals surface area contributed by atoms with Gasteiger partial charge in [-0.15, -0.1) is 6.58 Å². The maximum absolute atomic E-state index is 11.5. The monoisotopic (exact) mass is 231 g/mol. The molecule has 1 amide bonds. The highest BCUT2D eigenvalue weighted by Crippen LogP contribution is 2.44. The van der Waals surface area contributed by atoms with Gasteiger partial charge in [0.05, 0.1) is 5.25 Å². The Bertz CT molecular complexity index is 412. The molecule has 2 rings (SSSR count). The van der Waals surface area contributed by atoms with Crippen molar-refractivity contribution in [3.8, 4) is 0 Å². The summed E-state index contributed by atoms with van der Waals surface area (Å²) in [6.07, 6.45) is 2.89. The quantitative estimate of drug-likeness (QED) is 0.641. The lowest BCUT2D eigenvalue weighted by atomic mass is 10.2. The Kier molecular flexibility index (Phi) is 2.16. The first-order valence-corrected chi connectivity index (χ1v) is 6.36. The van der Waals surface area contributed by atoms with Gasteiger partial charge in [-0.3, -0.25) is 9.52 Å². The van der Waals surface area contributed by atoms with E-state index in [0.717, 1.165) is 0 Å². The van der Waals surface area contributed by atoms with Crippen molar-refractivity contribution in [3.05, 3.63) is 12.7 Å². The minimum atomic E-state index is -3.55. The van der Waals surface area contributed by atoms with E-state index in [4.69, 9.17) is 0 Å². The molecule has 0 aliphatic heterocycles. The number of sulfonamides is 1. The summed E-state index contributed by atoms with van der Waals surface area (Å²) in [5, 5.41) is 9.22. The molecule has 0 saturated heterocycles. The lowest BCUT2D eigenvalue weighted by Crippen LogP contribution is -2.42. The zero-order valence-electron chi connectivity index (χ0n) is 8.14. The van der Waals surface area contributed by atoms with Gasteiger partial charge in [-0.2, -0.15) is 0 Å². The normalized spacial score (nSPS) is 34.6. The number of nitrogens with one attached hydrogen (secondary N) is 1. The summed E-state index contributed by atoms with van der Waals surface area (Å²) >= 11 is 0. The topological polar surface area (TPSA) is 83.5 Å². The lowest BCUT2D eigenvalue weighted by Gasteiger charge is -2.10. The molecule has 2 aliphatic carbocycles. The number of carbonyl (C=O) groups is 1. The molecule has 0 heterocycles. The molecule has 0 radical (unpaired) electrons. The van der Waals surface area contributed by atoms with Crippen LogP contribution in [0, 0.1) is 5.92 Å². The molecule has 0 bridgehead atoms. The van der Waals surface area contributed by atoms with E-state index in [1.165, 1.54) is 6.08 Å². The average molecular weight is 231 g/mol. The molecule has 0 aromatic carbocycles. The second-order valence-corrected chi connectivity index (χ2v) is 6.11. The smallest absolute Gasteiger partial charge is 0.266 e. The third-order valence-electron chi connectivity index (χ3n) is 2.86. The van der Waals surface area contributed by atoms with Gasteiger partial charge in [0.25, 0.3) is 5.91 Å². The van der Waals surface area contributed by atoms with E-state index in [2.05, 4.69) is 6.58 Å². The molecule has 84 valence electrons. The van der Waals surface area contributed by atoms with Crippen molar-refractivity contribution < 1.29 is 18.3 Å². The predicted molar refractivity (Wildman–Crippen MR) is 53.3 cm³/mol. The van der Waals surface area contributed by atoms with Gasteiger partial charge in [0.1, 0.15) is 0 Å². The summed E-state index contributed by atoms with van der Waals surface area (Å²) in [6.45, 7) is 3.46. The van der Waals surface area contributed by atoms with Crippen molar-refractivity contribution in [1.82, 2.24) is 4.72 Å². The average Bonchev–Trinajstić information content (AvgIpc) is 2.97. The third kappa shape index (κ3) is 1.79. The van der Waals surface area contributed by atoms with Gasteiger partial charge in [0, 0.05) is 5.92 Å². The summed E-state index contributed by atoms with van der Waals surface area (Å²) in [4.78, 5) is 11.5. The van der Waals surface area contributed by atoms with Gasteiger partial charge in [0.2, 0.25) is 10.0 Å². The van der Waals surface area contributed by atoms with Crippen LogP contribution in [0.1, 0.15) is 19.3 Å². The third-order valence-corrected chi connectivity index (χ3v) is 4.68. The van der Waals surface area contributed by atoms with Crippen LogP contribution in [0.2, 0.25) is 0 Å². The van der Waals surface area contributed by atoms with Crippen LogP contribution < -0.4 is 4.72 Å². The van der Waals surface area contributed by atoms with Crippen LogP contribution in [0.4, 0.5) is 0 Å². The maximum atomic E-state index is 11.5. The standard InChI is InChI=1S/C9H13NO4S/c1-2-6-5-9(6,12)8(11)10-15(13,14)7-3-4-7/h2,6-7,12H,1,3-5H2,(H,10,11)/t6-,9-/m1/s1. The van der Waals surface area contributed by atoms with Crippen LogP contribution >= 0.6 is 0 Å². The molecule has 6 heteroatoms. The summed E-state index contributed by atoms with van der Waals surface area (Å²) in [5.41, 5.74) is -1.55. The first-order chi connectivity index (χ1) is 6.90. The minimum Gasteiger partial charge on any atom is -0.379 e. The molecule has 2 saturated carbocycles. The SMILES string of the molecule is C=C[C@@H]1C[C@]1(O)C(=O)NS(=O)(=O)C1CC1. The van der Waals surface area contributed by atoms with Crippen molar-refractivity contribution in [2.24, 2.45) is 5.92 Å². The first kappa shape index (κ1) is 10.6. The van der Waals surface area contributed by atoms with E-state index in [-0.39, 0.29) is 12.3 Å². The van der Waals surface area contributed by atoms with E-state index in [0.29, 0.717) is 12.8 Å². The van der Waals surface area contributed by atoms with E-state index >= 15 is 0 Å². The Hall–Kier alpha value is -0.880. The van der Waals surface area contributed by atoms with Crippen LogP contribution in [0.25, 0.3) is 0 Å². The number of hydrogen-bond donors (Lipinski definition) is 2. The molecule has 0 unspecified atom stereocenters. The number of amides is 1.